The third kappa shape index (κ3) is 8.55. The van der Waals surface area contributed by atoms with E-state index in [0.717, 1.165) is 58.0 Å². The molecular formula is C38H39N3O8S2. The molecule has 1 aromatic heterocycles. The molecule has 11 nitrogen and oxygen atoms in total. The Bertz CT molecular complexity index is 2050. The number of aryl methyl sites for hydroxylation is 3. The summed E-state index contributed by atoms with van der Waals surface area (Å²) in [4.78, 5) is 51.7. The van der Waals surface area contributed by atoms with Gasteiger partial charge in [-0.1, -0.05) is 30.3 Å². The number of hydrogen-bond donors (Lipinski definition) is 3. The molecule has 3 aromatic carbocycles. The van der Waals surface area contributed by atoms with Crippen LogP contribution in [0.5, 0.6) is 0 Å². The molecule has 51 heavy (non-hydrogen) atoms. The molecule has 0 bridgehead atoms. The van der Waals surface area contributed by atoms with Crippen LogP contribution in [0.3, 0.4) is 0 Å². The Morgan fingerprint density at radius 1 is 0.863 bits per heavy atom. The number of sulfonamides is 1. The minimum absolute atomic E-state index is 0.102. The summed E-state index contributed by atoms with van der Waals surface area (Å²) in [5, 5.41) is 15.4. The second-order valence-electron chi connectivity index (χ2n) is 12.6. The van der Waals surface area contributed by atoms with Crippen molar-refractivity contribution in [2.45, 2.75) is 69.2 Å². The molecule has 2 aliphatic rings. The number of fused-ring (bicyclic) bond motifs is 1. The summed E-state index contributed by atoms with van der Waals surface area (Å²) in [6.07, 6.45) is 6.17. The number of amides is 2. The number of thiophene rings is 1. The van der Waals surface area contributed by atoms with Crippen LogP contribution in [0.1, 0.15) is 85.2 Å². The van der Waals surface area contributed by atoms with Crippen LogP contribution in [-0.4, -0.2) is 60.8 Å². The third-order valence-electron chi connectivity index (χ3n) is 8.99. The van der Waals surface area contributed by atoms with Gasteiger partial charge in [0.1, 0.15) is 11.5 Å². The van der Waals surface area contributed by atoms with Crippen molar-refractivity contribution >= 4 is 55.8 Å². The fraction of sp³-hybridized carbons (Fsp3) is 0.316. The van der Waals surface area contributed by atoms with Gasteiger partial charge in [0.15, 0.2) is 0 Å². The summed E-state index contributed by atoms with van der Waals surface area (Å²) >= 11 is 1.37. The van der Waals surface area contributed by atoms with Crippen LogP contribution in [-0.2, 0) is 45.2 Å². The van der Waals surface area contributed by atoms with Gasteiger partial charge in [0.05, 0.1) is 22.6 Å². The summed E-state index contributed by atoms with van der Waals surface area (Å²) in [6.45, 7) is 1.40. The minimum Gasteiger partial charge on any atom is -0.478 e. The Morgan fingerprint density at radius 2 is 1.53 bits per heavy atom. The molecule has 0 aliphatic heterocycles. The second kappa shape index (κ2) is 15.6. The van der Waals surface area contributed by atoms with Gasteiger partial charge in [-0.25, -0.2) is 13.2 Å². The molecular weight excluding hydrogens is 691 g/mol. The third-order valence-corrected chi connectivity index (χ3v) is 12.1. The van der Waals surface area contributed by atoms with Crippen LogP contribution in [0.4, 0.5) is 10.7 Å². The van der Waals surface area contributed by atoms with E-state index in [9.17, 15) is 27.6 Å². The van der Waals surface area contributed by atoms with Gasteiger partial charge in [0.25, 0.3) is 11.8 Å². The number of nitrogens with zero attached hydrogens (tertiary/aromatic N) is 1. The highest BCUT2D eigenvalue weighted by molar-refractivity contribution is 7.89. The maximum Gasteiger partial charge on any atom is 0.335 e. The minimum atomic E-state index is -4.09. The average molecular weight is 730 g/mol. The van der Waals surface area contributed by atoms with Crippen LogP contribution >= 0.6 is 11.3 Å². The number of nitrogens with one attached hydrogen (secondary N) is 2. The number of carbonyl (C=O) groups is 4. The number of rotatable bonds is 14. The number of carbonyl (C=O) groups excluding carboxylic acids is 3. The van der Waals surface area contributed by atoms with E-state index in [2.05, 4.69) is 10.6 Å². The number of esters is 1. The zero-order chi connectivity index (χ0) is 36.1. The fourth-order valence-electron chi connectivity index (χ4n) is 6.16. The SMILES string of the molecule is CCOC(=O)CN(C1CC1)S(=O)(=O)c1cccc(C(=O)Nc2sc3c(c2C(=O)Nc2ccc(CCc4ccc(C(=O)O)cc4)cc2)CCCC3)c1. The predicted octanol–water partition coefficient (Wildman–Crippen LogP) is 6.33. The van der Waals surface area contributed by atoms with Crippen LogP contribution in [0.25, 0.3) is 0 Å². The standard InChI is InChI=1S/C38H39N3O8S2/c1-2-49-33(42)23-41(29-20-21-29)51(47,48)30-7-5-6-27(22-30)35(43)40-37-34(31-8-3-4-9-32(31)50-37)36(44)39-28-18-14-25(15-19-28)11-10-24-12-16-26(17-13-24)38(45)46/h5-7,12-19,22,29H,2-4,8-11,20-21,23H2,1H3,(H,39,44)(H,40,43)(H,45,46). The first-order valence-electron chi connectivity index (χ1n) is 17.0. The van der Waals surface area contributed by atoms with E-state index < -0.39 is 34.4 Å². The lowest BCUT2D eigenvalue weighted by molar-refractivity contribution is -0.143. The molecule has 0 saturated heterocycles. The number of carboxylic acids is 1. The summed E-state index contributed by atoms with van der Waals surface area (Å²) < 4.78 is 33.4. The van der Waals surface area contributed by atoms with Gasteiger partial charge >= 0.3 is 11.9 Å². The molecule has 3 N–H and O–H groups in total. The first-order valence-corrected chi connectivity index (χ1v) is 19.2. The largest absolute Gasteiger partial charge is 0.478 e. The lowest BCUT2D eigenvalue weighted by atomic mass is 9.95. The molecule has 0 atom stereocenters. The molecule has 1 heterocycles. The van der Waals surface area contributed by atoms with Crippen molar-refractivity contribution in [3.8, 4) is 0 Å². The monoisotopic (exact) mass is 729 g/mol. The Morgan fingerprint density at radius 3 is 2.18 bits per heavy atom. The lowest BCUT2D eigenvalue weighted by Gasteiger charge is -2.21. The van der Waals surface area contributed by atoms with Crippen molar-refractivity contribution in [3.63, 3.8) is 0 Å². The average Bonchev–Trinajstić information content (AvgIpc) is 3.90. The Labute approximate surface area is 300 Å². The molecule has 0 radical (unpaired) electrons. The summed E-state index contributed by atoms with van der Waals surface area (Å²) in [6, 6.07) is 19.7. The van der Waals surface area contributed by atoms with Gasteiger partial charge in [-0.2, -0.15) is 4.31 Å². The van der Waals surface area contributed by atoms with Crippen molar-refractivity contribution in [2.75, 3.05) is 23.8 Å². The lowest BCUT2D eigenvalue weighted by Crippen LogP contribution is -2.38. The topological polar surface area (TPSA) is 159 Å². The number of benzene rings is 3. The highest BCUT2D eigenvalue weighted by atomic mass is 32.2. The summed E-state index contributed by atoms with van der Waals surface area (Å²) in [5.41, 5.74) is 4.36. The normalized spacial score (nSPS) is 14.1. The zero-order valence-corrected chi connectivity index (χ0v) is 29.8. The van der Waals surface area contributed by atoms with Crippen LogP contribution in [0, 0.1) is 0 Å². The number of carboxylic acid groups (broad SMARTS) is 1. The zero-order valence-electron chi connectivity index (χ0n) is 28.1. The number of hydrogen-bond acceptors (Lipinski definition) is 8. The molecule has 1 fully saturated rings. The van der Waals surface area contributed by atoms with E-state index in [-0.39, 0.29) is 34.6 Å². The predicted molar refractivity (Wildman–Crippen MR) is 194 cm³/mol. The van der Waals surface area contributed by atoms with Crippen molar-refractivity contribution in [3.05, 3.63) is 111 Å². The van der Waals surface area contributed by atoms with Crippen molar-refractivity contribution < 1.29 is 37.4 Å². The Kier molecular flexibility index (Phi) is 11.0. The number of anilines is 2. The van der Waals surface area contributed by atoms with Gasteiger partial charge in [-0.15, -0.1) is 11.3 Å². The molecule has 13 heteroatoms. The first-order chi connectivity index (χ1) is 24.5. The smallest absolute Gasteiger partial charge is 0.335 e. The van der Waals surface area contributed by atoms with Crippen molar-refractivity contribution in [1.29, 1.82) is 0 Å². The highest BCUT2D eigenvalue weighted by Crippen LogP contribution is 2.39. The van der Waals surface area contributed by atoms with E-state index in [1.807, 2.05) is 36.4 Å². The summed E-state index contributed by atoms with van der Waals surface area (Å²) in [5.74, 6) is -2.48. The van der Waals surface area contributed by atoms with Crippen molar-refractivity contribution in [2.24, 2.45) is 0 Å². The summed E-state index contributed by atoms with van der Waals surface area (Å²) in [7, 11) is -4.09. The van der Waals surface area contributed by atoms with Gasteiger partial charge in [0, 0.05) is 22.2 Å². The van der Waals surface area contributed by atoms with E-state index >= 15 is 0 Å². The molecule has 0 unspecified atom stereocenters. The quantitative estimate of drug-likeness (QED) is 0.127. The van der Waals surface area contributed by atoms with Gasteiger partial charge in [0.2, 0.25) is 10.0 Å². The molecule has 0 spiro atoms. The Hall–Kier alpha value is -4.85. The molecule has 6 rings (SSSR count). The molecule has 4 aromatic rings. The van der Waals surface area contributed by atoms with Crippen LogP contribution < -0.4 is 10.6 Å². The number of aromatic carboxylic acids is 1. The molecule has 2 aliphatic carbocycles. The van der Waals surface area contributed by atoms with Crippen molar-refractivity contribution in [1.82, 2.24) is 4.31 Å². The number of ether oxygens (including phenoxy) is 1. The maximum absolute atomic E-state index is 13.8. The van der Waals surface area contributed by atoms with E-state index in [1.54, 1.807) is 19.1 Å². The Balaban J connectivity index is 1.16. The van der Waals surface area contributed by atoms with E-state index in [1.165, 1.54) is 35.6 Å². The van der Waals surface area contributed by atoms with E-state index in [0.29, 0.717) is 35.5 Å². The fourth-order valence-corrected chi connectivity index (χ4v) is 9.12. The van der Waals surface area contributed by atoms with Gasteiger partial charge in [-0.3, -0.25) is 14.4 Å². The van der Waals surface area contributed by atoms with Gasteiger partial charge < -0.3 is 20.5 Å². The second-order valence-corrected chi connectivity index (χ2v) is 15.6. The van der Waals surface area contributed by atoms with Crippen LogP contribution in [0.15, 0.2) is 77.7 Å². The first kappa shape index (κ1) is 36.0. The van der Waals surface area contributed by atoms with E-state index in [4.69, 9.17) is 9.84 Å². The maximum atomic E-state index is 13.8. The molecule has 2 amide bonds. The van der Waals surface area contributed by atoms with Crippen LogP contribution in [0.2, 0.25) is 0 Å². The molecule has 266 valence electrons. The highest BCUT2D eigenvalue weighted by Gasteiger charge is 2.40. The van der Waals surface area contributed by atoms with Gasteiger partial charge in [-0.05, 0) is 117 Å². The molecule has 1 saturated carbocycles.